The fourth-order valence-electron chi connectivity index (χ4n) is 3.43. The summed E-state index contributed by atoms with van der Waals surface area (Å²) in [4.78, 5) is 10.5. The van der Waals surface area contributed by atoms with E-state index in [1.165, 1.54) is 29.7 Å². The number of benzene rings is 1. The highest BCUT2D eigenvalue weighted by atomic mass is 32.1. The molecule has 1 aliphatic rings. The second-order valence-corrected chi connectivity index (χ2v) is 8.08. The van der Waals surface area contributed by atoms with Gasteiger partial charge in [-0.15, -0.1) is 11.3 Å². The monoisotopic (exact) mass is 356 g/mol. The van der Waals surface area contributed by atoms with Crippen LogP contribution in [-0.2, 0) is 12.0 Å². The van der Waals surface area contributed by atoms with Crippen molar-refractivity contribution in [2.24, 2.45) is 4.99 Å². The van der Waals surface area contributed by atoms with Crippen molar-refractivity contribution in [2.75, 3.05) is 13.1 Å². The van der Waals surface area contributed by atoms with Gasteiger partial charge in [-0.25, -0.2) is 9.98 Å². The molecule has 0 atom stereocenters. The van der Waals surface area contributed by atoms with Gasteiger partial charge in [-0.3, -0.25) is 0 Å². The van der Waals surface area contributed by atoms with E-state index in [1.807, 2.05) is 0 Å². The quantitative estimate of drug-likeness (QED) is 0.609. The van der Waals surface area contributed by atoms with E-state index in [9.17, 15) is 0 Å². The molecule has 0 saturated heterocycles. The zero-order chi connectivity index (χ0) is 17.7. The molecule has 134 valence electrons. The number of aliphatic imine (C=N–C) groups is 1. The minimum Gasteiger partial charge on any atom is -0.357 e. The molecule has 0 spiro atoms. The van der Waals surface area contributed by atoms with Crippen molar-refractivity contribution >= 4 is 17.3 Å². The molecular weight excluding hydrogens is 328 g/mol. The number of aromatic nitrogens is 1. The van der Waals surface area contributed by atoms with Crippen LogP contribution in [0, 0.1) is 13.8 Å². The maximum absolute atomic E-state index is 4.78. The summed E-state index contributed by atoms with van der Waals surface area (Å²) in [6, 6.07) is 10.9. The Morgan fingerprint density at radius 3 is 2.52 bits per heavy atom. The number of guanidine groups is 1. The molecule has 0 unspecified atom stereocenters. The molecule has 2 aromatic rings. The molecule has 0 amide bonds. The zero-order valence-corrected chi connectivity index (χ0v) is 16.2. The topological polar surface area (TPSA) is 49.3 Å². The molecule has 1 saturated carbocycles. The first-order valence-electron chi connectivity index (χ1n) is 9.13. The Balaban J connectivity index is 1.67. The van der Waals surface area contributed by atoms with Crippen molar-refractivity contribution in [2.45, 2.75) is 52.0 Å². The van der Waals surface area contributed by atoms with E-state index < -0.39 is 0 Å². The zero-order valence-electron chi connectivity index (χ0n) is 15.4. The van der Waals surface area contributed by atoms with Crippen molar-refractivity contribution in [1.29, 1.82) is 0 Å². The third-order valence-electron chi connectivity index (χ3n) is 5.02. The number of hydrogen-bond acceptors (Lipinski definition) is 3. The van der Waals surface area contributed by atoms with Crippen molar-refractivity contribution in [3.05, 3.63) is 51.5 Å². The Hall–Kier alpha value is -1.88. The summed E-state index contributed by atoms with van der Waals surface area (Å²) in [5.74, 6) is 0.898. The van der Waals surface area contributed by atoms with Crippen LogP contribution in [0.3, 0.4) is 0 Å². The molecule has 0 bridgehead atoms. The second kappa shape index (κ2) is 8.00. The highest BCUT2D eigenvalue weighted by molar-refractivity contribution is 7.11. The second-order valence-electron chi connectivity index (χ2n) is 6.79. The molecule has 2 N–H and O–H groups in total. The Labute approximate surface area is 154 Å². The molecule has 1 aromatic heterocycles. The molecule has 3 rings (SSSR count). The summed E-state index contributed by atoms with van der Waals surface area (Å²) in [7, 11) is 0. The number of nitrogens with one attached hydrogen (secondary N) is 2. The molecular formula is C20H28N4S. The summed E-state index contributed by atoms with van der Waals surface area (Å²) in [5.41, 5.74) is 2.80. The Morgan fingerprint density at radius 1 is 1.20 bits per heavy atom. The summed E-state index contributed by atoms with van der Waals surface area (Å²) in [6.07, 6.45) is 3.80. The molecule has 5 heteroatoms. The van der Waals surface area contributed by atoms with Gasteiger partial charge in [0, 0.05) is 23.4 Å². The average molecular weight is 357 g/mol. The first-order valence-corrected chi connectivity index (χ1v) is 9.95. The normalized spacial score (nSPS) is 16.4. The van der Waals surface area contributed by atoms with Gasteiger partial charge < -0.3 is 10.6 Å². The number of nitrogens with zero attached hydrogens (tertiary/aromatic N) is 2. The number of aryl methyl sites for hydroxylation is 2. The Kier molecular flexibility index (Phi) is 5.74. The number of thiazole rings is 1. The van der Waals surface area contributed by atoms with Gasteiger partial charge in [-0.1, -0.05) is 36.8 Å². The van der Waals surface area contributed by atoms with Crippen LogP contribution in [0.1, 0.15) is 47.3 Å². The Morgan fingerprint density at radius 2 is 1.96 bits per heavy atom. The van der Waals surface area contributed by atoms with Gasteiger partial charge in [-0.05, 0) is 39.2 Å². The van der Waals surface area contributed by atoms with Crippen LogP contribution in [0.15, 0.2) is 35.3 Å². The predicted octanol–water partition coefficient (Wildman–Crippen LogP) is 3.94. The van der Waals surface area contributed by atoms with Gasteiger partial charge in [-0.2, -0.15) is 0 Å². The lowest BCUT2D eigenvalue weighted by molar-refractivity contribution is 0.244. The first kappa shape index (κ1) is 17.9. The molecule has 25 heavy (non-hydrogen) atoms. The fraction of sp³-hybridized carbons (Fsp3) is 0.500. The smallest absolute Gasteiger partial charge is 0.191 e. The molecule has 0 aliphatic heterocycles. The SMILES string of the molecule is CCNC(=NCc1sc(C)nc1C)NCC1(c2ccccc2)CCC1. The predicted molar refractivity (Wildman–Crippen MR) is 106 cm³/mol. The molecule has 1 heterocycles. The molecule has 1 aromatic carbocycles. The standard InChI is InChI=1S/C20H28N4S/c1-4-21-19(22-13-18-15(2)24-16(3)25-18)23-14-20(11-8-12-20)17-9-6-5-7-10-17/h5-7,9-10H,4,8,11-14H2,1-3H3,(H2,21,22,23). The van der Waals surface area contributed by atoms with Crippen LogP contribution < -0.4 is 10.6 Å². The van der Waals surface area contributed by atoms with Crippen LogP contribution in [0.4, 0.5) is 0 Å². The molecule has 1 aliphatic carbocycles. The first-order chi connectivity index (χ1) is 12.1. The third-order valence-corrected chi connectivity index (χ3v) is 6.07. The maximum atomic E-state index is 4.78. The lowest BCUT2D eigenvalue weighted by atomic mass is 9.64. The average Bonchev–Trinajstić information content (AvgIpc) is 2.90. The van der Waals surface area contributed by atoms with Crippen molar-refractivity contribution < 1.29 is 0 Å². The van der Waals surface area contributed by atoms with E-state index in [2.05, 4.69) is 66.7 Å². The minimum absolute atomic E-state index is 0.258. The van der Waals surface area contributed by atoms with E-state index in [4.69, 9.17) is 4.99 Å². The van der Waals surface area contributed by atoms with Gasteiger partial charge >= 0.3 is 0 Å². The lowest BCUT2D eigenvalue weighted by Gasteiger charge is -2.43. The summed E-state index contributed by atoms with van der Waals surface area (Å²) >= 11 is 1.74. The van der Waals surface area contributed by atoms with Gasteiger partial charge in [0.15, 0.2) is 5.96 Å². The van der Waals surface area contributed by atoms with Crippen LogP contribution >= 0.6 is 11.3 Å². The van der Waals surface area contributed by atoms with E-state index >= 15 is 0 Å². The van der Waals surface area contributed by atoms with E-state index in [1.54, 1.807) is 11.3 Å². The van der Waals surface area contributed by atoms with Gasteiger partial charge in [0.05, 0.1) is 17.2 Å². The molecule has 4 nitrogen and oxygen atoms in total. The lowest BCUT2D eigenvalue weighted by Crippen LogP contribution is -2.48. The van der Waals surface area contributed by atoms with Gasteiger partial charge in [0.2, 0.25) is 0 Å². The summed E-state index contributed by atoms with van der Waals surface area (Å²) in [6.45, 7) is 8.71. The van der Waals surface area contributed by atoms with Crippen LogP contribution in [0.25, 0.3) is 0 Å². The molecule has 1 fully saturated rings. The van der Waals surface area contributed by atoms with Crippen LogP contribution in [-0.4, -0.2) is 24.0 Å². The fourth-order valence-corrected chi connectivity index (χ4v) is 4.29. The Bertz CT molecular complexity index is 717. The largest absolute Gasteiger partial charge is 0.357 e. The van der Waals surface area contributed by atoms with Gasteiger partial charge in [0.25, 0.3) is 0 Å². The summed E-state index contributed by atoms with van der Waals surface area (Å²) in [5, 5.41) is 8.07. The minimum atomic E-state index is 0.258. The maximum Gasteiger partial charge on any atom is 0.191 e. The third kappa shape index (κ3) is 4.21. The van der Waals surface area contributed by atoms with E-state index in [-0.39, 0.29) is 5.41 Å². The number of hydrogen-bond donors (Lipinski definition) is 2. The number of rotatable bonds is 6. The van der Waals surface area contributed by atoms with Crippen molar-refractivity contribution in [3.8, 4) is 0 Å². The highest BCUT2D eigenvalue weighted by Crippen LogP contribution is 2.43. The van der Waals surface area contributed by atoms with E-state index in [0.717, 1.165) is 29.8 Å². The van der Waals surface area contributed by atoms with Gasteiger partial charge in [0.1, 0.15) is 0 Å². The summed E-state index contributed by atoms with van der Waals surface area (Å²) < 4.78 is 0. The van der Waals surface area contributed by atoms with Crippen LogP contribution in [0.2, 0.25) is 0 Å². The van der Waals surface area contributed by atoms with Crippen molar-refractivity contribution in [1.82, 2.24) is 15.6 Å². The van der Waals surface area contributed by atoms with Crippen molar-refractivity contribution in [3.63, 3.8) is 0 Å². The molecule has 0 radical (unpaired) electrons. The highest BCUT2D eigenvalue weighted by Gasteiger charge is 2.38. The van der Waals surface area contributed by atoms with E-state index in [0.29, 0.717) is 6.54 Å². The van der Waals surface area contributed by atoms with Crippen LogP contribution in [0.5, 0.6) is 0 Å².